The Labute approximate surface area is 119 Å². The van der Waals surface area contributed by atoms with E-state index in [2.05, 4.69) is 44.9 Å². The topological polar surface area (TPSA) is 24.4 Å². The third-order valence-electron chi connectivity index (χ3n) is 2.70. The first-order valence-electron chi connectivity index (χ1n) is 5.64. The number of hydrogen-bond acceptors (Lipinski definition) is 3. The van der Waals surface area contributed by atoms with E-state index in [9.17, 15) is 0 Å². The molecule has 0 radical (unpaired) electrons. The van der Waals surface area contributed by atoms with Crippen LogP contribution in [0.1, 0.15) is 17.3 Å². The Balaban J connectivity index is 1.88. The second-order valence-corrected chi connectivity index (χ2v) is 5.72. The van der Waals surface area contributed by atoms with Gasteiger partial charge in [-0.25, -0.2) is 4.72 Å². The van der Waals surface area contributed by atoms with Crippen molar-refractivity contribution in [2.75, 3.05) is 0 Å². The summed E-state index contributed by atoms with van der Waals surface area (Å²) in [6, 6.07) is 18.5. The molecule has 4 heteroatoms. The molecule has 18 heavy (non-hydrogen) atoms. The van der Waals surface area contributed by atoms with E-state index >= 15 is 0 Å². The minimum absolute atomic E-state index is 0.0303. The maximum absolute atomic E-state index is 4.72. The molecule has 2 nitrogen and oxygen atoms in total. The van der Waals surface area contributed by atoms with Crippen molar-refractivity contribution in [1.82, 2.24) is 4.72 Å². The normalized spacial score (nSPS) is 18.7. The second-order valence-electron chi connectivity index (χ2n) is 3.98. The predicted octanol–water partition coefficient (Wildman–Crippen LogP) is 4.15. The number of benzene rings is 2. The summed E-state index contributed by atoms with van der Waals surface area (Å²) in [6.45, 7) is 0. The van der Waals surface area contributed by atoms with Crippen LogP contribution in [0.25, 0.3) is 0 Å². The van der Waals surface area contributed by atoms with Crippen LogP contribution in [0.15, 0.2) is 64.1 Å². The van der Waals surface area contributed by atoms with Crippen molar-refractivity contribution < 1.29 is 0 Å². The fourth-order valence-corrected chi connectivity index (χ4v) is 3.06. The molecule has 2 aromatic rings. The molecular weight excluding hydrogens is 308 g/mol. The van der Waals surface area contributed by atoms with Gasteiger partial charge in [-0.3, -0.25) is 4.99 Å². The average molecular weight is 319 g/mol. The Morgan fingerprint density at radius 2 is 1.89 bits per heavy atom. The molecule has 0 aromatic heterocycles. The van der Waals surface area contributed by atoms with Crippen LogP contribution in [-0.2, 0) is 0 Å². The molecule has 1 aliphatic heterocycles. The van der Waals surface area contributed by atoms with Crippen LogP contribution in [0.4, 0.5) is 0 Å². The van der Waals surface area contributed by atoms with Gasteiger partial charge in [-0.15, -0.1) is 0 Å². The lowest BCUT2D eigenvalue weighted by molar-refractivity contribution is 0.735. The van der Waals surface area contributed by atoms with Crippen LogP contribution < -0.4 is 4.72 Å². The highest BCUT2D eigenvalue weighted by Gasteiger charge is 2.20. The fraction of sp³-hybridized carbons (Fsp3) is 0.0714. The van der Waals surface area contributed by atoms with Gasteiger partial charge in [0.15, 0.2) is 0 Å². The molecule has 0 saturated heterocycles. The van der Waals surface area contributed by atoms with Gasteiger partial charge in [0.05, 0.1) is 0 Å². The van der Waals surface area contributed by atoms with Crippen LogP contribution in [-0.4, -0.2) is 5.04 Å². The zero-order chi connectivity index (χ0) is 12.4. The lowest BCUT2D eigenvalue weighted by Gasteiger charge is -2.06. The van der Waals surface area contributed by atoms with Gasteiger partial charge in [0, 0.05) is 10.0 Å². The highest BCUT2D eigenvalue weighted by molar-refractivity contribution is 9.10. The molecule has 90 valence electrons. The molecule has 0 bridgehead atoms. The maximum Gasteiger partial charge on any atom is 0.136 e. The monoisotopic (exact) mass is 318 g/mol. The zero-order valence-corrected chi connectivity index (χ0v) is 11.9. The van der Waals surface area contributed by atoms with Crippen molar-refractivity contribution in [3.63, 3.8) is 0 Å². The summed E-state index contributed by atoms with van der Waals surface area (Å²) in [4.78, 5) is 4.72. The summed E-state index contributed by atoms with van der Waals surface area (Å²) < 4.78 is 4.42. The molecule has 0 fully saturated rings. The third-order valence-corrected chi connectivity index (χ3v) is 4.07. The van der Waals surface area contributed by atoms with Crippen molar-refractivity contribution in [1.29, 1.82) is 0 Å². The molecular formula is C14H11BrN2S. The van der Waals surface area contributed by atoms with E-state index in [1.165, 1.54) is 5.56 Å². The van der Waals surface area contributed by atoms with E-state index in [0.29, 0.717) is 0 Å². The molecule has 1 unspecified atom stereocenters. The zero-order valence-electron chi connectivity index (χ0n) is 9.51. The number of hydrogen-bond donors (Lipinski definition) is 1. The molecule has 1 atom stereocenters. The van der Waals surface area contributed by atoms with Gasteiger partial charge in [0.25, 0.3) is 0 Å². The van der Waals surface area contributed by atoms with E-state index in [1.807, 2.05) is 30.3 Å². The first kappa shape index (κ1) is 12.0. The summed E-state index contributed by atoms with van der Waals surface area (Å²) in [7, 11) is 0. The minimum Gasteiger partial charge on any atom is -0.252 e. The smallest absolute Gasteiger partial charge is 0.136 e. The lowest BCUT2D eigenvalue weighted by Crippen LogP contribution is -2.06. The Bertz CT molecular complexity index is 583. The predicted molar refractivity (Wildman–Crippen MR) is 80.6 cm³/mol. The molecule has 1 heterocycles. The third kappa shape index (κ3) is 2.51. The second kappa shape index (κ2) is 5.26. The molecule has 2 aromatic carbocycles. The van der Waals surface area contributed by atoms with Crippen molar-refractivity contribution in [3.8, 4) is 0 Å². The molecule has 3 rings (SSSR count). The molecule has 1 aliphatic rings. The number of nitrogens with zero attached hydrogens (tertiary/aromatic N) is 1. The molecule has 0 saturated carbocycles. The van der Waals surface area contributed by atoms with Gasteiger partial charge in [0.2, 0.25) is 0 Å². The first-order chi connectivity index (χ1) is 8.83. The molecule has 0 spiro atoms. The van der Waals surface area contributed by atoms with E-state index in [1.54, 1.807) is 11.9 Å². The molecule has 1 N–H and O–H groups in total. The SMILES string of the molecule is Brc1cccc(C2N=C(c3ccccc3)SN2)c1. The summed E-state index contributed by atoms with van der Waals surface area (Å²) in [5.41, 5.74) is 2.33. The quantitative estimate of drug-likeness (QED) is 0.841. The Hall–Kier alpha value is -1.10. The average Bonchev–Trinajstić information content (AvgIpc) is 2.89. The van der Waals surface area contributed by atoms with Crippen LogP contribution in [0.5, 0.6) is 0 Å². The Kier molecular flexibility index (Phi) is 3.50. The number of halogens is 1. The van der Waals surface area contributed by atoms with E-state index < -0.39 is 0 Å². The van der Waals surface area contributed by atoms with Gasteiger partial charge < -0.3 is 0 Å². The van der Waals surface area contributed by atoms with Crippen molar-refractivity contribution >= 4 is 32.9 Å². The number of rotatable bonds is 2. The van der Waals surface area contributed by atoms with Gasteiger partial charge in [-0.1, -0.05) is 58.4 Å². The largest absolute Gasteiger partial charge is 0.252 e. The lowest BCUT2D eigenvalue weighted by atomic mass is 10.2. The summed E-state index contributed by atoms with van der Waals surface area (Å²) in [5, 5.41) is 1.04. The number of nitrogens with one attached hydrogen (secondary N) is 1. The van der Waals surface area contributed by atoms with E-state index in [-0.39, 0.29) is 6.17 Å². The van der Waals surface area contributed by atoms with E-state index in [0.717, 1.165) is 15.1 Å². The van der Waals surface area contributed by atoms with Crippen molar-refractivity contribution in [3.05, 3.63) is 70.2 Å². The van der Waals surface area contributed by atoms with Crippen molar-refractivity contribution in [2.45, 2.75) is 6.17 Å². The summed E-state index contributed by atoms with van der Waals surface area (Å²) in [5.74, 6) is 0. The van der Waals surface area contributed by atoms with Crippen LogP contribution in [0.3, 0.4) is 0 Å². The van der Waals surface area contributed by atoms with Crippen LogP contribution in [0, 0.1) is 0 Å². The maximum atomic E-state index is 4.72. The minimum atomic E-state index is 0.0303. The van der Waals surface area contributed by atoms with E-state index in [4.69, 9.17) is 4.99 Å². The molecule has 0 aliphatic carbocycles. The van der Waals surface area contributed by atoms with Crippen LogP contribution >= 0.6 is 27.9 Å². The summed E-state index contributed by atoms with van der Waals surface area (Å²) in [6.07, 6.45) is 0.0303. The van der Waals surface area contributed by atoms with Gasteiger partial charge >= 0.3 is 0 Å². The Morgan fingerprint density at radius 3 is 2.67 bits per heavy atom. The molecule has 0 amide bonds. The highest BCUT2D eigenvalue weighted by Crippen LogP contribution is 2.29. The Morgan fingerprint density at radius 1 is 1.06 bits per heavy atom. The van der Waals surface area contributed by atoms with Crippen LogP contribution in [0.2, 0.25) is 0 Å². The number of aliphatic imine (C=N–C) groups is 1. The van der Waals surface area contributed by atoms with Gasteiger partial charge in [-0.2, -0.15) is 0 Å². The van der Waals surface area contributed by atoms with Crippen molar-refractivity contribution in [2.24, 2.45) is 4.99 Å². The first-order valence-corrected chi connectivity index (χ1v) is 7.25. The van der Waals surface area contributed by atoms with Gasteiger partial charge in [0.1, 0.15) is 11.2 Å². The standard InChI is InChI=1S/C14H11BrN2S/c15-12-8-4-7-11(9-12)13-16-14(18-17-13)10-5-2-1-3-6-10/h1-9,13,17H. The summed E-state index contributed by atoms with van der Waals surface area (Å²) >= 11 is 5.08. The fourth-order valence-electron chi connectivity index (χ4n) is 1.82. The van der Waals surface area contributed by atoms with Gasteiger partial charge in [-0.05, 0) is 29.6 Å². The highest BCUT2D eigenvalue weighted by atomic mass is 79.9.